The minimum atomic E-state index is -0.389. The normalized spacial score (nSPS) is 21.5. The lowest BCUT2D eigenvalue weighted by Gasteiger charge is -2.27. The van der Waals surface area contributed by atoms with Crippen molar-refractivity contribution in [3.63, 3.8) is 0 Å². The number of carbonyl (C=O) groups excluding carboxylic acids is 2. The van der Waals surface area contributed by atoms with Crippen molar-refractivity contribution >= 4 is 17.8 Å². The lowest BCUT2D eigenvalue weighted by Crippen LogP contribution is -2.39. The quantitative estimate of drug-likeness (QED) is 0.781. The zero-order chi connectivity index (χ0) is 22.0. The Morgan fingerprint density at radius 3 is 2.65 bits per heavy atom. The fraction of sp³-hybridized carbons (Fsp3) is 0.591. The highest BCUT2D eigenvalue weighted by Gasteiger charge is 2.42. The molecule has 1 N–H and O–H groups in total. The van der Waals surface area contributed by atoms with Gasteiger partial charge in [0.1, 0.15) is 0 Å². The summed E-state index contributed by atoms with van der Waals surface area (Å²) in [5.41, 5.74) is 1.44. The highest BCUT2D eigenvalue weighted by molar-refractivity contribution is 5.92. The van der Waals surface area contributed by atoms with Gasteiger partial charge in [0.2, 0.25) is 17.6 Å². The minimum Gasteiger partial charge on any atom is -0.354 e. The molecule has 31 heavy (non-hydrogen) atoms. The summed E-state index contributed by atoms with van der Waals surface area (Å²) in [4.78, 5) is 39.1. The summed E-state index contributed by atoms with van der Waals surface area (Å²) in [5, 5.41) is 6.81. The van der Waals surface area contributed by atoms with Crippen LogP contribution in [0.3, 0.4) is 0 Å². The number of aryl methyl sites for hydroxylation is 1. The number of likely N-dealkylation sites (tertiary alicyclic amines) is 1. The van der Waals surface area contributed by atoms with Gasteiger partial charge in [-0.2, -0.15) is 0 Å². The van der Waals surface area contributed by atoms with E-state index in [1.165, 1.54) is 6.42 Å². The molecule has 2 aliphatic heterocycles. The van der Waals surface area contributed by atoms with E-state index < -0.39 is 0 Å². The van der Waals surface area contributed by atoms with Crippen molar-refractivity contribution in [3.05, 3.63) is 35.5 Å². The molecule has 2 amide bonds. The second kappa shape index (κ2) is 9.03. The number of aromatic nitrogens is 3. The minimum absolute atomic E-state index is 0.0177. The molecule has 0 unspecified atom stereocenters. The zero-order valence-electron chi connectivity index (χ0n) is 18.4. The molecule has 2 aromatic heterocycles. The molecule has 2 aliphatic rings. The smallest absolute Gasteiger partial charge is 0.292 e. The largest absolute Gasteiger partial charge is 0.354 e. The first-order valence-corrected chi connectivity index (χ1v) is 11.0. The Labute approximate surface area is 182 Å². The Morgan fingerprint density at radius 2 is 1.97 bits per heavy atom. The van der Waals surface area contributed by atoms with Crippen LogP contribution in [0.15, 0.2) is 22.9 Å². The van der Waals surface area contributed by atoms with E-state index in [4.69, 9.17) is 9.51 Å². The fourth-order valence-corrected chi connectivity index (χ4v) is 4.36. The molecule has 0 radical (unpaired) electrons. The standard InChI is InChI=1S/C22H30N6O3/c1-14(2)24-20(29)17-13-28(21(30)19-11-15(3)26-31-19)12-16(17)18-7-8-23-22(25-18)27-9-5-4-6-10-27/h7-8,11,14,16-17H,4-6,9-10,12-13H2,1-3H3,(H,24,29)/t16-,17-/m0/s1. The van der Waals surface area contributed by atoms with E-state index in [1.807, 2.05) is 19.9 Å². The molecule has 0 spiro atoms. The molecule has 0 aliphatic carbocycles. The predicted octanol–water partition coefficient (Wildman–Crippen LogP) is 2.14. The molecule has 9 heteroatoms. The third-order valence-corrected chi connectivity index (χ3v) is 5.90. The van der Waals surface area contributed by atoms with Crippen molar-refractivity contribution < 1.29 is 14.1 Å². The molecule has 0 aromatic carbocycles. The van der Waals surface area contributed by atoms with Crippen molar-refractivity contribution in [1.29, 1.82) is 0 Å². The van der Waals surface area contributed by atoms with E-state index in [1.54, 1.807) is 24.1 Å². The topological polar surface area (TPSA) is 104 Å². The van der Waals surface area contributed by atoms with Gasteiger partial charge in [-0.15, -0.1) is 0 Å². The lowest BCUT2D eigenvalue weighted by atomic mass is 9.91. The van der Waals surface area contributed by atoms with Crippen LogP contribution in [0.2, 0.25) is 0 Å². The van der Waals surface area contributed by atoms with Crippen LogP contribution in [-0.4, -0.2) is 64.1 Å². The van der Waals surface area contributed by atoms with Gasteiger partial charge in [-0.25, -0.2) is 9.97 Å². The molecule has 2 aromatic rings. The predicted molar refractivity (Wildman–Crippen MR) is 115 cm³/mol. The summed E-state index contributed by atoms with van der Waals surface area (Å²) in [6, 6.07) is 3.50. The summed E-state index contributed by atoms with van der Waals surface area (Å²) in [6.07, 6.45) is 5.26. The molecular formula is C22H30N6O3. The Morgan fingerprint density at radius 1 is 1.19 bits per heavy atom. The first-order valence-electron chi connectivity index (χ1n) is 11.0. The number of carbonyl (C=O) groups is 2. The molecule has 4 rings (SSSR count). The number of hydrogen-bond donors (Lipinski definition) is 1. The van der Waals surface area contributed by atoms with Crippen LogP contribution in [0, 0.1) is 12.8 Å². The number of amides is 2. The second-order valence-corrected chi connectivity index (χ2v) is 8.75. The Balaban J connectivity index is 1.60. The van der Waals surface area contributed by atoms with Gasteiger partial charge >= 0.3 is 0 Å². The van der Waals surface area contributed by atoms with Crippen LogP contribution in [0.5, 0.6) is 0 Å². The van der Waals surface area contributed by atoms with Crippen molar-refractivity contribution in [3.8, 4) is 0 Å². The molecule has 4 heterocycles. The van der Waals surface area contributed by atoms with Gasteiger partial charge in [0.25, 0.3) is 5.91 Å². The van der Waals surface area contributed by atoms with Gasteiger partial charge in [0.05, 0.1) is 17.3 Å². The van der Waals surface area contributed by atoms with Crippen molar-refractivity contribution in [1.82, 2.24) is 25.3 Å². The van der Waals surface area contributed by atoms with Gasteiger partial charge in [-0.3, -0.25) is 9.59 Å². The Bertz CT molecular complexity index is 937. The van der Waals surface area contributed by atoms with Gasteiger partial charge < -0.3 is 19.6 Å². The number of rotatable bonds is 5. The summed E-state index contributed by atoms with van der Waals surface area (Å²) in [6.45, 7) is 8.23. The lowest BCUT2D eigenvalue weighted by molar-refractivity contribution is -0.125. The van der Waals surface area contributed by atoms with Crippen molar-refractivity contribution in [2.24, 2.45) is 5.92 Å². The summed E-state index contributed by atoms with van der Waals surface area (Å²) in [5.74, 6) is -0.0237. The second-order valence-electron chi connectivity index (χ2n) is 8.75. The Hall–Kier alpha value is -2.97. The third kappa shape index (κ3) is 4.70. The van der Waals surface area contributed by atoms with Crippen molar-refractivity contribution in [2.75, 3.05) is 31.1 Å². The van der Waals surface area contributed by atoms with Crippen LogP contribution >= 0.6 is 0 Å². The number of anilines is 1. The summed E-state index contributed by atoms with van der Waals surface area (Å²) in [7, 11) is 0. The molecule has 0 saturated carbocycles. The van der Waals surface area contributed by atoms with Crippen LogP contribution in [0.25, 0.3) is 0 Å². The average molecular weight is 427 g/mol. The van der Waals surface area contributed by atoms with E-state index in [2.05, 4.69) is 20.4 Å². The molecule has 2 fully saturated rings. The molecule has 2 atom stereocenters. The van der Waals surface area contributed by atoms with E-state index in [-0.39, 0.29) is 35.5 Å². The van der Waals surface area contributed by atoms with Crippen LogP contribution in [-0.2, 0) is 4.79 Å². The number of nitrogens with zero attached hydrogens (tertiary/aromatic N) is 5. The number of hydrogen-bond acceptors (Lipinski definition) is 7. The maximum absolute atomic E-state index is 13.0. The molecule has 0 bridgehead atoms. The highest BCUT2D eigenvalue weighted by Crippen LogP contribution is 2.33. The molecule has 2 saturated heterocycles. The number of nitrogens with one attached hydrogen (secondary N) is 1. The van der Waals surface area contributed by atoms with Gasteiger partial charge in [-0.05, 0) is 46.1 Å². The monoisotopic (exact) mass is 426 g/mol. The van der Waals surface area contributed by atoms with Crippen LogP contribution in [0.1, 0.15) is 61.0 Å². The number of piperidine rings is 1. The average Bonchev–Trinajstić information content (AvgIpc) is 3.40. The molecule has 166 valence electrons. The van der Waals surface area contributed by atoms with E-state index in [0.29, 0.717) is 24.7 Å². The summed E-state index contributed by atoms with van der Waals surface area (Å²) >= 11 is 0. The fourth-order valence-electron chi connectivity index (χ4n) is 4.36. The first kappa shape index (κ1) is 21.3. The third-order valence-electron chi connectivity index (χ3n) is 5.90. The first-order chi connectivity index (χ1) is 14.9. The van der Waals surface area contributed by atoms with E-state index >= 15 is 0 Å². The summed E-state index contributed by atoms with van der Waals surface area (Å²) < 4.78 is 5.16. The van der Waals surface area contributed by atoms with Gasteiger partial charge in [-0.1, -0.05) is 5.16 Å². The van der Waals surface area contributed by atoms with Crippen LogP contribution in [0.4, 0.5) is 5.95 Å². The van der Waals surface area contributed by atoms with Crippen molar-refractivity contribution in [2.45, 2.75) is 52.0 Å². The van der Waals surface area contributed by atoms with Gasteiger partial charge in [0, 0.05) is 50.4 Å². The SMILES string of the molecule is Cc1cc(C(=O)N2C[C@H](C(=O)NC(C)C)[C@@H](c3ccnc(N4CCCCC4)n3)C2)on1. The maximum atomic E-state index is 13.0. The van der Waals surface area contributed by atoms with Crippen LogP contribution < -0.4 is 10.2 Å². The van der Waals surface area contributed by atoms with E-state index in [9.17, 15) is 9.59 Å². The Kier molecular flexibility index (Phi) is 6.20. The molecule has 9 nitrogen and oxygen atoms in total. The van der Waals surface area contributed by atoms with Gasteiger partial charge in [0.15, 0.2) is 0 Å². The molecular weight excluding hydrogens is 396 g/mol. The highest BCUT2D eigenvalue weighted by atomic mass is 16.5. The van der Waals surface area contributed by atoms with E-state index in [0.717, 1.165) is 31.6 Å². The maximum Gasteiger partial charge on any atom is 0.292 e. The zero-order valence-corrected chi connectivity index (χ0v) is 18.4.